The molecule has 2 aromatic rings. The predicted molar refractivity (Wildman–Crippen MR) is 105 cm³/mol. The van der Waals surface area contributed by atoms with Crippen LogP contribution >= 0.6 is 0 Å². The normalized spacial score (nSPS) is 18.2. The highest BCUT2D eigenvalue weighted by Crippen LogP contribution is 2.23. The fraction of sp³-hybridized carbons (Fsp3) is 0.381. The summed E-state index contributed by atoms with van der Waals surface area (Å²) in [5.41, 5.74) is 0.654. The molecule has 0 spiro atoms. The van der Waals surface area contributed by atoms with Crippen LogP contribution in [0.4, 0.5) is 0 Å². The molecule has 2 N–H and O–H groups in total. The minimum Gasteiger partial charge on any atom is -0.378 e. The minimum atomic E-state index is -0.512. The molecule has 148 valence electrons. The Morgan fingerprint density at radius 2 is 1.96 bits per heavy atom. The highest BCUT2D eigenvalue weighted by atomic mass is 16.5. The zero-order valence-corrected chi connectivity index (χ0v) is 16.1. The summed E-state index contributed by atoms with van der Waals surface area (Å²) in [4.78, 5) is 41.3. The summed E-state index contributed by atoms with van der Waals surface area (Å²) in [7, 11) is 1.63. The molecule has 0 aliphatic heterocycles. The van der Waals surface area contributed by atoms with E-state index in [2.05, 4.69) is 10.3 Å². The lowest BCUT2D eigenvalue weighted by molar-refractivity contribution is -0.00863. The van der Waals surface area contributed by atoms with Gasteiger partial charge in [0.15, 0.2) is 0 Å². The number of hydrogen-bond donors (Lipinski definition) is 2. The Hall–Kier alpha value is -2.93. The molecule has 1 fully saturated rings. The second-order valence-electron chi connectivity index (χ2n) is 7.00. The van der Waals surface area contributed by atoms with Gasteiger partial charge in [0, 0.05) is 32.4 Å². The Morgan fingerprint density at radius 3 is 2.64 bits per heavy atom. The van der Waals surface area contributed by atoms with Gasteiger partial charge in [-0.15, -0.1) is 0 Å². The molecule has 1 aliphatic rings. The fourth-order valence-electron chi connectivity index (χ4n) is 3.23. The number of nitrogens with zero attached hydrogens (tertiary/aromatic N) is 1. The number of H-pyrrole nitrogens is 1. The molecule has 0 saturated heterocycles. The van der Waals surface area contributed by atoms with Gasteiger partial charge in [-0.2, -0.15) is 0 Å². The number of nitrogens with one attached hydrogen (secondary N) is 2. The summed E-state index contributed by atoms with van der Waals surface area (Å²) in [5, 5.41) is 2.91. The van der Waals surface area contributed by atoms with Gasteiger partial charge in [-0.1, -0.05) is 30.3 Å². The molecule has 0 radical (unpaired) electrons. The summed E-state index contributed by atoms with van der Waals surface area (Å²) in [6.07, 6.45) is 3.07. The lowest BCUT2D eigenvalue weighted by atomic mass is 9.89. The van der Waals surface area contributed by atoms with Gasteiger partial charge >= 0.3 is 0 Å². The molecule has 0 atom stereocenters. The third-order valence-electron chi connectivity index (χ3n) is 4.84. The van der Waals surface area contributed by atoms with Crippen molar-refractivity contribution in [3.05, 3.63) is 69.6 Å². The number of benzene rings is 1. The van der Waals surface area contributed by atoms with E-state index in [-0.39, 0.29) is 29.2 Å². The number of pyridine rings is 1. The molecule has 1 saturated carbocycles. The molecule has 1 aliphatic carbocycles. The monoisotopic (exact) mass is 383 g/mol. The topological polar surface area (TPSA) is 91.5 Å². The van der Waals surface area contributed by atoms with E-state index < -0.39 is 11.5 Å². The smallest absolute Gasteiger partial charge is 0.260 e. The van der Waals surface area contributed by atoms with Crippen LogP contribution in [0, 0.1) is 0 Å². The van der Waals surface area contributed by atoms with Crippen molar-refractivity contribution in [3.63, 3.8) is 0 Å². The van der Waals surface area contributed by atoms with E-state index in [1.165, 1.54) is 17.2 Å². The quantitative estimate of drug-likeness (QED) is 0.764. The van der Waals surface area contributed by atoms with Crippen LogP contribution in [0.1, 0.15) is 46.0 Å². The van der Waals surface area contributed by atoms with E-state index in [1.807, 2.05) is 37.3 Å². The molecular weight excluding hydrogens is 358 g/mol. The van der Waals surface area contributed by atoms with E-state index in [0.29, 0.717) is 13.2 Å². The van der Waals surface area contributed by atoms with Gasteiger partial charge in [0.1, 0.15) is 5.56 Å². The van der Waals surface area contributed by atoms with Crippen LogP contribution in [-0.4, -0.2) is 47.5 Å². The first-order chi connectivity index (χ1) is 13.5. The van der Waals surface area contributed by atoms with Crippen molar-refractivity contribution in [2.24, 2.45) is 0 Å². The molecular formula is C21H25N3O4. The van der Waals surface area contributed by atoms with Gasteiger partial charge in [-0.05, 0) is 31.4 Å². The van der Waals surface area contributed by atoms with Crippen molar-refractivity contribution >= 4 is 11.8 Å². The Bertz CT molecular complexity index is 888. The molecule has 7 nitrogen and oxygen atoms in total. The molecule has 1 aromatic heterocycles. The molecule has 2 amide bonds. The predicted octanol–water partition coefficient (Wildman–Crippen LogP) is 1.94. The van der Waals surface area contributed by atoms with Gasteiger partial charge in [0.05, 0.1) is 11.7 Å². The summed E-state index contributed by atoms with van der Waals surface area (Å²) in [5.74, 6) is -0.740. The molecule has 28 heavy (non-hydrogen) atoms. The molecule has 0 bridgehead atoms. The molecule has 7 heteroatoms. The van der Waals surface area contributed by atoms with Gasteiger partial charge in [-0.3, -0.25) is 14.4 Å². The van der Waals surface area contributed by atoms with Crippen molar-refractivity contribution in [3.8, 4) is 0 Å². The second-order valence-corrected chi connectivity index (χ2v) is 7.00. The van der Waals surface area contributed by atoms with Crippen molar-refractivity contribution in [2.75, 3.05) is 13.7 Å². The highest BCUT2D eigenvalue weighted by molar-refractivity contribution is 5.99. The number of amides is 2. The SMILES string of the molecule is CCOC1CC(NC(=O)c2c[nH]c(=O)c(C(=O)N(C)Cc3ccccc3)c2)C1. The summed E-state index contributed by atoms with van der Waals surface area (Å²) < 4.78 is 5.49. The van der Waals surface area contributed by atoms with Gasteiger partial charge < -0.3 is 19.9 Å². The average Bonchev–Trinajstić information content (AvgIpc) is 2.66. The third kappa shape index (κ3) is 4.67. The standard InChI is InChI=1S/C21H25N3O4/c1-3-28-17-10-16(11-17)23-19(25)15-9-18(20(26)22-12-15)21(27)24(2)13-14-7-5-4-6-8-14/h4-9,12,16-17H,3,10-11,13H2,1-2H3,(H,22,26)(H,23,25). The summed E-state index contributed by atoms with van der Waals surface area (Å²) >= 11 is 0. The van der Waals surface area contributed by atoms with E-state index in [0.717, 1.165) is 18.4 Å². The van der Waals surface area contributed by atoms with Crippen LogP contribution in [0.2, 0.25) is 0 Å². The summed E-state index contributed by atoms with van der Waals surface area (Å²) in [6, 6.07) is 10.9. The zero-order valence-electron chi connectivity index (χ0n) is 16.1. The number of hydrogen-bond acceptors (Lipinski definition) is 4. The van der Waals surface area contributed by atoms with Crippen LogP contribution in [0.5, 0.6) is 0 Å². The van der Waals surface area contributed by atoms with Crippen molar-refractivity contribution in [1.82, 2.24) is 15.2 Å². The van der Waals surface area contributed by atoms with Crippen LogP contribution in [0.15, 0.2) is 47.4 Å². The van der Waals surface area contributed by atoms with Crippen molar-refractivity contribution in [1.29, 1.82) is 0 Å². The number of ether oxygens (including phenoxy) is 1. The maximum Gasteiger partial charge on any atom is 0.260 e. The molecule has 3 rings (SSSR count). The first-order valence-corrected chi connectivity index (χ1v) is 9.42. The third-order valence-corrected chi connectivity index (χ3v) is 4.84. The van der Waals surface area contributed by atoms with Crippen LogP contribution in [0.3, 0.4) is 0 Å². The summed E-state index contributed by atoms with van der Waals surface area (Å²) in [6.45, 7) is 2.98. The fourth-order valence-corrected chi connectivity index (χ4v) is 3.23. The van der Waals surface area contributed by atoms with Crippen molar-refractivity contribution < 1.29 is 14.3 Å². The van der Waals surface area contributed by atoms with E-state index >= 15 is 0 Å². The number of carbonyl (C=O) groups excluding carboxylic acids is 2. The second kappa shape index (κ2) is 8.84. The van der Waals surface area contributed by atoms with Crippen molar-refractivity contribution in [2.45, 2.75) is 38.5 Å². The van der Waals surface area contributed by atoms with Crippen LogP contribution in [0.25, 0.3) is 0 Å². The van der Waals surface area contributed by atoms with Crippen LogP contribution in [-0.2, 0) is 11.3 Å². The Labute approximate surface area is 163 Å². The van der Waals surface area contributed by atoms with E-state index in [1.54, 1.807) is 7.05 Å². The molecule has 1 heterocycles. The lowest BCUT2D eigenvalue weighted by Gasteiger charge is -2.35. The number of carbonyl (C=O) groups is 2. The average molecular weight is 383 g/mol. The van der Waals surface area contributed by atoms with E-state index in [4.69, 9.17) is 4.74 Å². The van der Waals surface area contributed by atoms with Gasteiger partial charge in [0.2, 0.25) is 0 Å². The first kappa shape index (κ1) is 19.8. The van der Waals surface area contributed by atoms with E-state index in [9.17, 15) is 14.4 Å². The largest absolute Gasteiger partial charge is 0.378 e. The lowest BCUT2D eigenvalue weighted by Crippen LogP contribution is -2.48. The zero-order chi connectivity index (χ0) is 20.1. The molecule has 0 unspecified atom stereocenters. The minimum absolute atomic E-state index is 0.0492. The van der Waals surface area contributed by atoms with Crippen LogP contribution < -0.4 is 10.9 Å². The Morgan fingerprint density at radius 1 is 1.25 bits per heavy atom. The highest BCUT2D eigenvalue weighted by Gasteiger charge is 2.31. The molecule has 1 aromatic carbocycles. The first-order valence-electron chi connectivity index (χ1n) is 9.42. The van der Waals surface area contributed by atoms with Gasteiger partial charge in [-0.25, -0.2) is 0 Å². The number of aromatic nitrogens is 1. The maximum atomic E-state index is 12.7. The number of aromatic amines is 1. The van der Waals surface area contributed by atoms with Gasteiger partial charge in [0.25, 0.3) is 17.4 Å². The Kier molecular flexibility index (Phi) is 6.26. The maximum absolute atomic E-state index is 12.7. The Balaban J connectivity index is 1.66. The number of rotatable bonds is 7.